The van der Waals surface area contributed by atoms with Crippen LogP contribution in [-0.2, 0) is 37.3 Å². The Bertz CT molecular complexity index is 2930. The molecule has 0 radical (unpaired) electrons. The summed E-state index contributed by atoms with van der Waals surface area (Å²) in [5.74, 6) is -3.19. The quantitative estimate of drug-likeness (QED) is 0.0269. The van der Waals surface area contributed by atoms with Gasteiger partial charge in [-0.2, -0.15) is 10.2 Å². The first-order chi connectivity index (χ1) is 36.8. The second kappa shape index (κ2) is 27.3. The van der Waals surface area contributed by atoms with Gasteiger partial charge < -0.3 is 60.9 Å². The predicted molar refractivity (Wildman–Crippen MR) is 287 cm³/mol. The number of nitrogens with two attached hydrogens (primary N) is 2. The van der Waals surface area contributed by atoms with Crippen molar-refractivity contribution in [2.45, 2.75) is 83.2 Å². The molecule has 5 aromatic rings. The molecule has 0 aliphatic carbocycles. The van der Waals surface area contributed by atoms with Crippen LogP contribution in [0.2, 0.25) is 10.0 Å². The number of anilines is 3. The van der Waals surface area contributed by atoms with Gasteiger partial charge in [-0.15, -0.1) is 0 Å². The molecule has 1 aromatic heterocycles. The fourth-order valence-electron chi connectivity index (χ4n) is 9.15. The average Bonchev–Trinajstić information content (AvgIpc) is 3.70. The number of carboxylic acid groups (broad SMARTS) is 1. The van der Waals surface area contributed by atoms with Gasteiger partial charge >= 0.3 is 5.97 Å². The number of nitrogens with one attached hydrogen (secondary N) is 3. The van der Waals surface area contributed by atoms with E-state index in [0.29, 0.717) is 41.3 Å². The monoisotopic (exact) mass is 1100 g/mol. The Labute approximate surface area is 456 Å². The Hall–Kier alpha value is -7.02. The largest absolute Gasteiger partial charge is 0.495 e. The minimum atomic E-state index is -1.83. The molecule has 0 spiro atoms. The Morgan fingerprint density at radius 3 is 2.34 bits per heavy atom. The number of amides is 2. The van der Waals surface area contributed by atoms with E-state index >= 15 is 8.78 Å². The zero-order valence-electron chi connectivity index (χ0n) is 43.5. The first kappa shape index (κ1) is 59.2. The van der Waals surface area contributed by atoms with E-state index in [1.54, 1.807) is 18.2 Å². The zero-order valence-corrected chi connectivity index (χ0v) is 45.0. The van der Waals surface area contributed by atoms with Crippen molar-refractivity contribution in [3.8, 4) is 29.1 Å². The number of rotatable bonds is 27. The van der Waals surface area contributed by atoms with E-state index in [1.165, 1.54) is 55.6 Å². The number of ether oxygens (including phenoxy) is 6. The molecular weight excluding hydrogens is 1040 g/mol. The van der Waals surface area contributed by atoms with Crippen LogP contribution < -0.4 is 46.4 Å². The number of aromatic nitrogens is 2. The molecule has 4 aromatic carbocycles. The highest BCUT2D eigenvalue weighted by Crippen LogP contribution is 2.53. The molecule has 8 N–H and O–H groups in total. The van der Waals surface area contributed by atoms with E-state index in [2.05, 4.69) is 32.0 Å². The molecule has 1 fully saturated rings. The van der Waals surface area contributed by atoms with Gasteiger partial charge in [0.15, 0.2) is 11.6 Å². The van der Waals surface area contributed by atoms with Crippen molar-refractivity contribution in [1.82, 2.24) is 20.6 Å². The smallest absolute Gasteiger partial charge is 0.303 e. The molecule has 0 saturated carbocycles. The lowest BCUT2D eigenvalue weighted by Gasteiger charge is -2.37. The maximum Gasteiger partial charge on any atom is 0.303 e. The first-order valence-electron chi connectivity index (χ1n) is 24.9. The molecule has 6 rings (SSSR count). The van der Waals surface area contributed by atoms with Crippen molar-refractivity contribution < 1.29 is 56.7 Å². The van der Waals surface area contributed by atoms with Crippen LogP contribution in [0.1, 0.15) is 85.6 Å². The number of nitrogen functional groups attached to an aromatic ring is 2. The number of carboxylic acids is 1. The maximum atomic E-state index is 16.2. The number of carbonyl (C=O) groups is 3. The third-order valence-electron chi connectivity index (χ3n) is 12.6. The summed E-state index contributed by atoms with van der Waals surface area (Å²) in [5.41, 5.74) is 11.0. The molecule has 1 saturated heterocycles. The topological polar surface area (TPSA) is 265 Å². The lowest BCUT2D eigenvalue weighted by atomic mass is 9.62. The van der Waals surface area contributed by atoms with Crippen molar-refractivity contribution >= 4 is 58.4 Å². The minimum absolute atomic E-state index is 0.0565. The zero-order chi connectivity index (χ0) is 55.9. The molecule has 22 heteroatoms. The van der Waals surface area contributed by atoms with Crippen LogP contribution in [-0.4, -0.2) is 105 Å². The maximum absolute atomic E-state index is 16.2. The van der Waals surface area contributed by atoms with E-state index in [-0.39, 0.29) is 122 Å². The van der Waals surface area contributed by atoms with E-state index in [4.69, 9.17) is 63.1 Å². The van der Waals surface area contributed by atoms with Gasteiger partial charge in [0.25, 0.3) is 5.91 Å². The van der Waals surface area contributed by atoms with Gasteiger partial charge in [0.1, 0.15) is 40.9 Å². The summed E-state index contributed by atoms with van der Waals surface area (Å²) < 4.78 is 66.8. The first-order valence-corrected chi connectivity index (χ1v) is 25.7. The van der Waals surface area contributed by atoms with Gasteiger partial charge in [-0.05, 0) is 90.4 Å². The fourth-order valence-corrected chi connectivity index (χ4v) is 9.49. The number of aryl methyl sites for hydroxylation is 2. The summed E-state index contributed by atoms with van der Waals surface area (Å²) in [6.45, 7) is 9.56. The van der Waals surface area contributed by atoms with E-state index in [9.17, 15) is 24.8 Å². The lowest BCUT2D eigenvalue weighted by Crippen LogP contribution is -2.45. The Kier molecular flexibility index (Phi) is 21.0. The van der Waals surface area contributed by atoms with Crippen LogP contribution in [0, 0.1) is 28.4 Å². The van der Waals surface area contributed by atoms with Gasteiger partial charge in [-0.3, -0.25) is 14.4 Å². The van der Waals surface area contributed by atoms with Gasteiger partial charge in [-0.1, -0.05) is 69.1 Å². The summed E-state index contributed by atoms with van der Waals surface area (Å²) in [6, 6.07) is 18.0. The Morgan fingerprint density at radius 2 is 1.64 bits per heavy atom. The highest BCUT2D eigenvalue weighted by atomic mass is 35.5. The summed E-state index contributed by atoms with van der Waals surface area (Å²) in [5, 5.41) is 29.3. The van der Waals surface area contributed by atoms with Crippen molar-refractivity contribution in [2.24, 2.45) is 5.41 Å². The number of halogens is 4. The van der Waals surface area contributed by atoms with Crippen LogP contribution in [0.4, 0.5) is 26.2 Å². The molecule has 4 atom stereocenters. The van der Waals surface area contributed by atoms with Gasteiger partial charge in [-0.25, -0.2) is 13.8 Å². The second-order valence-electron chi connectivity index (χ2n) is 19.2. The SMILES string of the molecule is CCc1nc(N)nc(N)c1OCCCOc1ccc(OCCOCCOCCNC(=O)c2ccc(NC(=O)C3N[C@H](CC(C)(C)C)[C@@](C#N)(c4ccc(Cl)cc4F)[C@@H]3c3cccc(Cl)c3F)c(OC)c2)cc1CCC(=O)O. The highest BCUT2D eigenvalue weighted by molar-refractivity contribution is 6.31. The number of methoxy groups -OCH3 is 1. The molecule has 2 heterocycles. The number of carbonyl (C=O) groups excluding carboxylic acids is 2. The lowest BCUT2D eigenvalue weighted by molar-refractivity contribution is -0.137. The standard InChI is InChI=1S/C55H64Cl2F2N8O10/c1-6-40-49(50(61)67-53(62)65-40)77-21-8-20-76-42-17-14-35(27-32(42)12-18-45(68)69)75-26-25-74-24-23-73-22-19-63-51(70)33-11-16-41(43(28-33)72-5)64-52(71)48-46(36-9-7-10-38(57)47(36)59)55(31-60,44(66-48)30-54(2,3)4)37-15-13-34(56)29-39(37)58/h7,9-11,13-17,27-29,44,46,48,66H,6,8,12,18-26,30H2,1-5H3,(H,63,70)(H,64,71)(H,68,69)(H4,61,62,65,67)/t44-,46-,48?,55-/m1/s1. The highest BCUT2D eigenvalue weighted by Gasteiger charge is 2.61. The average molecular weight is 1110 g/mol. The fraction of sp³-hybridized carbons (Fsp3) is 0.418. The second-order valence-corrected chi connectivity index (χ2v) is 20.1. The summed E-state index contributed by atoms with van der Waals surface area (Å²) in [4.78, 5) is 47.3. The Balaban J connectivity index is 0.970. The van der Waals surface area contributed by atoms with Gasteiger partial charge in [0, 0.05) is 47.5 Å². The molecule has 1 aliphatic rings. The van der Waals surface area contributed by atoms with E-state index in [1.807, 2.05) is 27.7 Å². The molecule has 77 heavy (non-hydrogen) atoms. The number of nitriles is 1. The predicted octanol–water partition coefficient (Wildman–Crippen LogP) is 8.46. The third kappa shape index (κ3) is 15.4. The van der Waals surface area contributed by atoms with E-state index in [0.717, 1.165) is 6.07 Å². The van der Waals surface area contributed by atoms with Gasteiger partial charge in [0.2, 0.25) is 11.9 Å². The normalized spacial score (nSPS) is 17.1. The number of hydrogen-bond acceptors (Lipinski definition) is 15. The summed E-state index contributed by atoms with van der Waals surface area (Å²) >= 11 is 12.4. The molecular formula is C55H64Cl2F2N8O10. The number of aliphatic carboxylic acids is 1. The van der Waals surface area contributed by atoms with Crippen LogP contribution in [0.15, 0.2) is 72.8 Å². The van der Waals surface area contributed by atoms with Crippen LogP contribution in [0.5, 0.6) is 23.0 Å². The van der Waals surface area contributed by atoms with Crippen molar-refractivity contribution in [3.63, 3.8) is 0 Å². The number of benzene rings is 4. The molecule has 412 valence electrons. The van der Waals surface area contributed by atoms with Gasteiger partial charge in [0.05, 0.1) is 75.3 Å². The summed E-state index contributed by atoms with van der Waals surface area (Å²) in [7, 11) is 1.37. The van der Waals surface area contributed by atoms with E-state index < -0.39 is 58.2 Å². The number of hydrogen-bond donors (Lipinski definition) is 6. The van der Waals surface area contributed by atoms with Crippen LogP contribution in [0.3, 0.4) is 0 Å². The van der Waals surface area contributed by atoms with Crippen molar-refractivity contribution in [1.29, 1.82) is 5.26 Å². The minimum Gasteiger partial charge on any atom is -0.495 e. The number of nitrogens with zero attached hydrogens (tertiary/aromatic N) is 3. The summed E-state index contributed by atoms with van der Waals surface area (Å²) in [6.07, 6.45) is 1.48. The Morgan fingerprint density at radius 1 is 0.896 bits per heavy atom. The molecule has 1 aliphatic heterocycles. The van der Waals surface area contributed by atoms with Crippen LogP contribution >= 0.6 is 23.2 Å². The van der Waals surface area contributed by atoms with Crippen LogP contribution in [0.25, 0.3) is 0 Å². The molecule has 18 nitrogen and oxygen atoms in total. The van der Waals surface area contributed by atoms with Crippen molar-refractivity contribution in [2.75, 3.05) is 76.7 Å². The van der Waals surface area contributed by atoms with Crippen molar-refractivity contribution in [3.05, 3.63) is 122 Å². The molecule has 0 bridgehead atoms. The third-order valence-corrected chi connectivity index (χ3v) is 13.1. The molecule has 2 amide bonds. The molecule has 1 unspecified atom stereocenters.